The van der Waals surface area contributed by atoms with Gasteiger partial charge in [-0.15, -0.1) is 0 Å². The molecular weight excluding hydrogens is 206 g/mol. The molecule has 96 valence electrons. The maximum atomic E-state index is 9.75. The second kappa shape index (κ2) is 8.93. The number of aliphatic hydroxyl groups is 1. The van der Waals surface area contributed by atoms with E-state index in [-0.39, 0.29) is 6.10 Å². The molecule has 1 saturated heterocycles. The SMILES string of the molecule is CCOCCOC[C@@H](O)CN1CCCCC1. The minimum atomic E-state index is -0.361. The van der Waals surface area contributed by atoms with Crippen LogP contribution in [0.3, 0.4) is 0 Å². The third-order valence-corrected chi connectivity index (χ3v) is 2.80. The van der Waals surface area contributed by atoms with Crippen molar-refractivity contribution in [2.45, 2.75) is 32.3 Å². The van der Waals surface area contributed by atoms with Gasteiger partial charge in [0.2, 0.25) is 0 Å². The summed E-state index contributed by atoms with van der Waals surface area (Å²) in [5.74, 6) is 0. The zero-order valence-electron chi connectivity index (χ0n) is 10.4. The van der Waals surface area contributed by atoms with Crippen molar-refractivity contribution < 1.29 is 14.6 Å². The first kappa shape index (κ1) is 13.9. The molecule has 0 amide bonds. The first-order valence-corrected chi connectivity index (χ1v) is 6.39. The van der Waals surface area contributed by atoms with Crippen LogP contribution in [0.15, 0.2) is 0 Å². The summed E-state index contributed by atoms with van der Waals surface area (Å²) in [7, 11) is 0. The Morgan fingerprint density at radius 3 is 2.50 bits per heavy atom. The maximum absolute atomic E-state index is 9.75. The molecule has 0 aromatic carbocycles. The highest BCUT2D eigenvalue weighted by atomic mass is 16.5. The van der Waals surface area contributed by atoms with E-state index in [1.807, 2.05) is 6.92 Å². The van der Waals surface area contributed by atoms with E-state index in [1.54, 1.807) is 0 Å². The predicted molar refractivity (Wildman–Crippen MR) is 63.6 cm³/mol. The molecule has 0 aromatic rings. The van der Waals surface area contributed by atoms with Crippen LogP contribution in [0.2, 0.25) is 0 Å². The van der Waals surface area contributed by atoms with Gasteiger partial charge in [0.15, 0.2) is 0 Å². The summed E-state index contributed by atoms with van der Waals surface area (Å²) < 4.78 is 10.5. The Bertz CT molecular complexity index is 160. The van der Waals surface area contributed by atoms with Crippen LogP contribution in [-0.2, 0) is 9.47 Å². The van der Waals surface area contributed by atoms with Gasteiger partial charge in [0.05, 0.1) is 25.9 Å². The van der Waals surface area contributed by atoms with E-state index < -0.39 is 0 Å². The predicted octanol–water partition coefficient (Wildman–Crippen LogP) is 0.886. The molecule has 16 heavy (non-hydrogen) atoms. The van der Waals surface area contributed by atoms with Gasteiger partial charge in [-0.2, -0.15) is 0 Å². The van der Waals surface area contributed by atoms with Crippen molar-refractivity contribution in [1.82, 2.24) is 4.90 Å². The summed E-state index contributed by atoms with van der Waals surface area (Å²) in [5.41, 5.74) is 0. The van der Waals surface area contributed by atoms with Crippen molar-refractivity contribution in [3.63, 3.8) is 0 Å². The quantitative estimate of drug-likeness (QED) is 0.630. The maximum Gasteiger partial charge on any atom is 0.0900 e. The van der Waals surface area contributed by atoms with E-state index in [0.717, 1.165) is 26.2 Å². The Morgan fingerprint density at radius 1 is 1.12 bits per heavy atom. The largest absolute Gasteiger partial charge is 0.389 e. The van der Waals surface area contributed by atoms with Gasteiger partial charge in [0.1, 0.15) is 0 Å². The number of aliphatic hydroxyl groups excluding tert-OH is 1. The van der Waals surface area contributed by atoms with Gasteiger partial charge in [0.25, 0.3) is 0 Å². The van der Waals surface area contributed by atoms with E-state index in [2.05, 4.69) is 4.90 Å². The number of ether oxygens (including phenoxy) is 2. The summed E-state index contributed by atoms with van der Waals surface area (Å²) in [6.45, 7) is 7.28. The van der Waals surface area contributed by atoms with Gasteiger partial charge >= 0.3 is 0 Å². The van der Waals surface area contributed by atoms with Gasteiger partial charge in [-0.3, -0.25) is 0 Å². The fraction of sp³-hybridized carbons (Fsp3) is 1.00. The van der Waals surface area contributed by atoms with Gasteiger partial charge < -0.3 is 19.5 Å². The summed E-state index contributed by atoms with van der Waals surface area (Å²) in [4.78, 5) is 2.32. The highest BCUT2D eigenvalue weighted by Crippen LogP contribution is 2.08. The third kappa shape index (κ3) is 6.43. The van der Waals surface area contributed by atoms with Crippen LogP contribution in [-0.4, -0.2) is 62.2 Å². The van der Waals surface area contributed by atoms with E-state index in [4.69, 9.17) is 9.47 Å². The van der Waals surface area contributed by atoms with Crippen LogP contribution >= 0.6 is 0 Å². The van der Waals surface area contributed by atoms with Crippen molar-refractivity contribution in [3.05, 3.63) is 0 Å². The Labute approximate surface area is 98.5 Å². The molecule has 1 fully saturated rings. The molecule has 0 unspecified atom stereocenters. The van der Waals surface area contributed by atoms with E-state index in [9.17, 15) is 5.11 Å². The van der Waals surface area contributed by atoms with E-state index >= 15 is 0 Å². The Morgan fingerprint density at radius 2 is 1.81 bits per heavy atom. The summed E-state index contributed by atoms with van der Waals surface area (Å²) >= 11 is 0. The first-order valence-electron chi connectivity index (χ1n) is 6.39. The van der Waals surface area contributed by atoms with Crippen LogP contribution in [0.4, 0.5) is 0 Å². The highest BCUT2D eigenvalue weighted by molar-refractivity contribution is 4.68. The minimum Gasteiger partial charge on any atom is -0.389 e. The van der Waals surface area contributed by atoms with Crippen molar-refractivity contribution in [2.24, 2.45) is 0 Å². The fourth-order valence-electron chi connectivity index (χ4n) is 1.97. The van der Waals surface area contributed by atoms with Crippen molar-refractivity contribution in [2.75, 3.05) is 46.1 Å². The molecule has 0 aromatic heterocycles. The summed E-state index contributed by atoms with van der Waals surface area (Å²) in [6.07, 6.45) is 3.49. The molecule has 4 heteroatoms. The molecule has 0 bridgehead atoms. The van der Waals surface area contributed by atoms with Crippen LogP contribution in [0, 0.1) is 0 Å². The van der Waals surface area contributed by atoms with E-state index in [1.165, 1.54) is 19.3 Å². The van der Waals surface area contributed by atoms with Gasteiger partial charge in [-0.05, 0) is 32.9 Å². The Balaban J connectivity index is 1.95. The second-order valence-corrected chi connectivity index (χ2v) is 4.29. The molecule has 1 N–H and O–H groups in total. The van der Waals surface area contributed by atoms with Gasteiger partial charge in [-0.1, -0.05) is 6.42 Å². The zero-order chi connectivity index (χ0) is 11.6. The molecule has 0 saturated carbocycles. The minimum absolute atomic E-state index is 0.361. The molecule has 1 rings (SSSR count). The lowest BCUT2D eigenvalue weighted by atomic mass is 10.1. The second-order valence-electron chi connectivity index (χ2n) is 4.29. The lowest BCUT2D eigenvalue weighted by Gasteiger charge is -2.28. The lowest BCUT2D eigenvalue weighted by molar-refractivity contribution is -0.00775. The summed E-state index contributed by atoms with van der Waals surface area (Å²) in [6, 6.07) is 0. The molecule has 1 aliphatic heterocycles. The molecule has 0 radical (unpaired) electrons. The molecule has 4 nitrogen and oxygen atoms in total. The number of nitrogens with zero attached hydrogens (tertiary/aromatic N) is 1. The number of hydrogen-bond donors (Lipinski definition) is 1. The molecule has 0 spiro atoms. The van der Waals surface area contributed by atoms with Crippen molar-refractivity contribution >= 4 is 0 Å². The first-order chi connectivity index (χ1) is 7.83. The topological polar surface area (TPSA) is 41.9 Å². The monoisotopic (exact) mass is 231 g/mol. The normalized spacial score (nSPS) is 19.9. The summed E-state index contributed by atoms with van der Waals surface area (Å²) in [5, 5.41) is 9.75. The number of rotatable bonds is 8. The van der Waals surface area contributed by atoms with Crippen molar-refractivity contribution in [1.29, 1.82) is 0 Å². The number of hydrogen-bond acceptors (Lipinski definition) is 4. The van der Waals surface area contributed by atoms with Crippen LogP contribution in [0.25, 0.3) is 0 Å². The standard InChI is InChI=1S/C12H25NO3/c1-2-15-8-9-16-11-12(14)10-13-6-4-3-5-7-13/h12,14H,2-11H2,1H3/t12-/m0/s1. The third-order valence-electron chi connectivity index (χ3n) is 2.80. The van der Waals surface area contributed by atoms with Crippen LogP contribution < -0.4 is 0 Å². The molecule has 1 atom stereocenters. The van der Waals surface area contributed by atoms with E-state index in [0.29, 0.717) is 19.8 Å². The Hall–Kier alpha value is -0.160. The molecule has 1 aliphatic rings. The van der Waals surface area contributed by atoms with Crippen LogP contribution in [0.5, 0.6) is 0 Å². The fourth-order valence-corrected chi connectivity index (χ4v) is 1.97. The average Bonchev–Trinajstić information content (AvgIpc) is 2.30. The number of likely N-dealkylation sites (tertiary alicyclic amines) is 1. The molecular formula is C12H25NO3. The smallest absolute Gasteiger partial charge is 0.0900 e. The van der Waals surface area contributed by atoms with Crippen molar-refractivity contribution in [3.8, 4) is 0 Å². The van der Waals surface area contributed by atoms with Crippen LogP contribution in [0.1, 0.15) is 26.2 Å². The molecule has 0 aliphatic carbocycles. The number of piperidine rings is 1. The molecule has 1 heterocycles. The average molecular weight is 231 g/mol. The Kier molecular flexibility index (Phi) is 7.76. The highest BCUT2D eigenvalue weighted by Gasteiger charge is 2.14. The lowest BCUT2D eigenvalue weighted by Crippen LogP contribution is -2.38. The van der Waals surface area contributed by atoms with Gasteiger partial charge in [-0.25, -0.2) is 0 Å². The number of β-amino-alcohol motifs (C(OH)–C–C–N with tert-alkyl or cyclic N) is 1. The van der Waals surface area contributed by atoms with Gasteiger partial charge in [0, 0.05) is 13.2 Å². The zero-order valence-corrected chi connectivity index (χ0v) is 10.4.